The number of rotatable bonds is 7. The van der Waals surface area contributed by atoms with Gasteiger partial charge in [-0.15, -0.1) is 0 Å². The lowest BCUT2D eigenvalue weighted by molar-refractivity contribution is -0.142. The van der Waals surface area contributed by atoms with Crippen molar-refractivity contribution in [2.45, 2.75) is 31.8 Å². The average Bonchev–Trinajstić information content (AvgIpc) is 2.68. The highest BCUT2D eigenvalue weighted by Crippen LogP contribution is 2.19. The van der Waals surface area contributed by atoms with E-state index in [1.807, 2.05) is 36.4 Å². The van der Waals surface area contributed by atoms with Crippen molar-refractivity contribution >= 4 is 11.9 Å². The number of halogens is 1. The second-order valence-electron chi connectivity index (χ2n) is 7.29. The molecular weight excluding hydrogens is 359 g/mol. The zero-order valence-corrected chi connectivity index (χ0v) is 15.7. The summed E-state index contributed by atoms with van der Waals surface area (Å²) < 4.78 is 13.4. The molecule has 28 heavy (non-hydrogen) atoms. The first-order chi connectivity index (χ1) is 13.5. The lowest BCUT2D eigenvalue weighted by Gasteiger charge is -2.32. The van der Waals surface area contributed by atoms with Crippen molar-refractivity contribution in [3.05, 3.63) is 71.5 Å². The molecule has 6 heteroatoms. The van der Waals surface area contributed by atoms with Crippen LogP contribution in [-0.2, 0) is 22.6 Å². The molecule has 2 aromatic rings. The number of aliphatic carboxylic acids is 1. The molecule has 148 valence electrons. The number of nitrogens with one attached hydrogen (secondary N) is 1. The summed E-state index contributed by atoms with van der Waals surface area (Å²) >= 11 is 0. The Morgan fingerprint density at radius 1 is 1.14 bits per heavy atom. The fraction of sp³-hybridized carbons (Fsp3) is 0.364. The summed E-state index contributed by atoms with van der Waals surface area (Å²) in [5.74, 6) is -1.80. The molecule has 5 nitrogen and oxygen atoms in total. The monoisotopic (exact) mass is 384 g/mol. The number of amides is 1. The highest BCUT2D eigenvalue weighted by molar-refractivity contribution is 5.85. The number of piperidine rings is 1. The van der Waals surface area contributed by atoms with Crippen molar-refractivity contribution in [1.29, 1.82) is 0 Å². The van der Waals surface area contributed by atoms with Gasteiger partial charge >= 0.3 is 5.97 Å². The topological polar surface area (TPSA) is 69.6 Å². The number of carbonyl (C=O) groups is 2. The molecular formula is C22H25FN2O3. The Morgan fingerprint density at radius 3 is 2.61 bits per heavy atom. The molecule has 1 aliphatic heterocycles. The summed E-state index contributed by atoms with van der Waals surface area (Å²) in [6.45, 7) is 1.96. The van der Waals surface area contributed by atoms with Crippen LogP contribution in [0.5, 0.6) is 0 Å². The van der Waals surface area contributed by atoms with E-state index in [2.05, 4.69) is 10.2 Å². The van der Waals surface area contributed by atoms with Crippen LogP contribution in [0.2, 0.25) is 0 Å². The predicted molar refractivity (Wildman–Crippen MR) is 104 cm³/mol. The van der Waals surface area contributed by atoms with Gasteiger partial charge in [0.2, 0.25) is 5.91 Å². The van der Waals surface area contributed by atoms with Gasteiger partial charge in [-0.05, 0) is 42.6 Å². The van der Waals surface area contributed by atoms with Crippen LogP contribution >= 0.6 is 0 Å². The van der Waals surface area contributed by atoms with Gasteiger partial charge in [-0.3, -0.25) is 9.69 Å². The van der Waals surface area contributed by atoms with Crippen molar-refractivity contribution in [2.24, 2.45) is 5.92 Å². The van der Waals surface area contributed by atoms with Gasteiger partial charge < -0.3 is 10.4 Å². The molecule has 0 spiro atoms. The van der Waals surface area contributed by atoms with Crippen molar-refractivity contribution < 1.29 is 19.1 Å². The number of nitrogens with zero attached hydrogens (tertiary/aromatic N) is 1. The number of carboxylic acid groups (broad SMARTS) is 1. The molecule has 0 bridgehead atoms. The van der Waals surface area contributed by atoms with Crippen molar-refractivity contribution in [3.8, 4) is 0 Å². The van der Waals surface area contributed by atoms with Crippen LogP contribution in [0.25, 0.3) is 0 Å². The Bertz CT molecular complexity index is 812. The number of carboxylic acids is 1. The number of hydrogen-bond acceptors (Lipinski definition) is 3. The summed E-state index contributed by atoms with van der Waals surface area (Å²) in [5.41, 5.74) is 1.74. The van der Waals surface area contributed by atoms with Crippen LogP contribution in [-0.4, -0.2) is 41.0 Å². The van der Waals surface area contributed by atoms with E-state index in [0.29, 0.717) is 13.1 Å². The molecule has 2 N–H and O–H groups in total. The molecule has 0 saturated carbocycles. The van der Waals surface area contributed by atoms with Crippen LogP contribution in [0, 0.1) is 11.7 Å². The summed E-state index contributed by atoms with van der Waals surface area (Å²) in [6, 6.07) is 14.8. The van der Waals surface area contributed by atoms with Gasteiger partial charge in [0.05, 0.1) is 5.92 Å². The Balaban J connectivity index is 1.58. The van der Waals surface area contributed by atoms with E-state index >= 15 is 0 Å². The van der Waals surface area contributed by atoms with E-state index in [4.69, 9.17) is 0 Å². The minimum atomic E-state index is -1.04. The SMILES string of the molecule is O=C(N[C@H](Cc1ccccc1)C(=O)O)[C@H]1CCCN(Cc2cccc(F)c2)C1. The minimum Gasteiger partial charge on any atom is -0.480 e. The van der Waals surface area contributed by atoms with E-state index in [1.165, 1.54) is 12.1 Å². The van der Waals surface area contributed by atoms with Gasteiger partial charge in [-0.2, -0.15) is 0 Å². The molecule has 1 amide bonds. The fourth-order valence-electron chi connectivity index (χ4n) is 3.65. The van der Waals surface area contributed by atoms with Gasteiger partial charge in [0.1, 0.15) is 11.9 Å². The van der Waals surface area contributed by atoms with Crippen molar-refractivity contribution in [3.63, 3.8) is 0 Å². The van der Waals surface area contributed by atoms with Crippen LogP contribution in [0.3, 0.4) is 0 Å². The molecule has 1 saturated heterocycles. The summed E-state index contributed by atoms with van der Waals surface area (Å²) in [5, 5.41) is 12.2. The number of carbonyl (C=O) groups excluding carboxylic acids is 1. The van der Waals surface area contributed by atoms with E-state index in [0.717, 1.165) is 30.5 Å². The first-order valence-electron chi connectivity index (χ1n) is 9.55. The number of hydrogen-bond donors (Lipinski definition) is 2. The molecule has 2 atom stereocenters. The molecule has 1 heterocycles. The fourth-order valence-corrected chi connectivity index (χ4v) is 3.65. The highest BCUT2D eigenvalue weighted by atomic mass is 19.1. The third-order valence-electron chi connectivity index (χ3n) is 5.07. The Kier molecular flexibility index (Phi) is 6.76. The molecule has 0 radical (unpaired) electrons. The number of benzene rings is 2. The molecule has 1 fully saturated rings. The van der Waals surface area contributed by atoms with Crippen LogP contribution in [0.1, 0.15) is 24.0 Å². The molecule has 0 unspecified atom stereocenters. The summed E-state index contributed by atoms with van der Waals surface area (Å²) in [7, 11) is 0. The maximum absolute atomic E-state index is 13.4. The van der Waals surface area contributed by atoms with Crippen LogP contribution in [0.4, 0.5) is 4.39 Å². The van der Waals surface area contributed by atoms with Gasteiger partial charge in [0.25, 0.3) is 0 Å². The molecule has 3 rings (SSSR count). The first-order valence-corrected chi connectivity index (χ1v) is 9.55. The summed E-state index contributed by atoms with van der Waals surface area (Å²) in [6.07, 6.45) is 1.83. The highest BCUT2D eigenvalue weighted by Gasteiger charge is 2.29. The van der Waals surface area contributed by atoms with E-state index in [9.17, 15) is 19.1 Å². The van der Waals surface area contributed by atoms with Crippen LogP contribution in [0.15, 0.2) is 54.6 Å². The predicted octanol–water partition coefficient (Wildman–Crippen LogP) is 2.85. The maximum atomic E-state index is 13.4. The third kappa shape index (κ3) is 5.63. The molecule has 1 aliphatic rings. The van der Waals surface area contributed by atoms with E-state index in [1.54, 1.807) is 6.07 Å². The second-order valence-corrected chi connectivity index (χ2v) is 7.29. The minimum absolute atomic E-state index is 0.229. The zero-order chi connectivity index (χ0) is 19.9. The van der Waals surface area contributed by atoms with Gasteiger partial charge in [-0.1, -0.05) is 42.5 Å². The quantitative estimate of drug-likeness (QED) is 0.770. The lowest BCUT2D eigenvalue weighted by atomic mass is 9.95. The molecule has 0 aromatic heterocycles. The Labute approximate surface area is 164 Å². The molecule has 2 aromatic carbocycles. The third-order valence-corrected chi connectivity index (χ3v) is 5.07. The van der Waals surface area contributed by atoms with E-state index < -0.39 is 12.0 Å². The lowest BCUT2D eigenvalue weighted by Crippen LogP contribution is -2.48. The average molecular weight is 384 g/mol. The zero-order valence-electron chi connectivity index (χ0n) is 15.7. The van der Waals surface area contributed by atoms with Crippen molar-refractivity contribution in [2.75, 3.05) is 13.1 Å². The molecule has 0 aliphatic carbocycles. The summed E-state index contributed by atoms with van der Waals surface area (Å²) in [4.78, 5) is 26.4. The van der Waals surface area contributed by atoms with Gasteiger partial charge in [-0.25, -0.2) is 9.18 Å². The largest absolute Gasteiger partial charge is 0.480 e. The Hall–Kier alpha value is -2.73. The smallest absolute Gasteiger partial charge is 0.326 e. The first kappa shape index (κ1) is 20.0. The second kappa shape index (κ2) is 9.46. The van der Waals surface area contributed by atoms with Crippen molar-refractivity contribution in [1.82, 2.24) is 10.2 Å². The van der Waals surface area contributed by atoms with E-state index in [-0.39, 0.29) is 24.1 Å². The van der Waals surface area contributed by atoms with Gasteiger partial charge in [0.15, 0.2) is 0 Å². The normalized spacial score (nSPS) is 18.4. The Morgan fingerprint density at radius 2 is 1.89 bits per heavy atom. The number of likely N-dealkylation sites (tertiary alicyclic amines) is 1. The standard InChI is InChI=1S/C22H25FN2O3/c23-19-10-4-8-17(12-19)14-25-11-5-9-18(15-25)21(26)24-20(22(27)28)13-16-6-2-1-3-7-16/h1-4,6-8,10,12,18,20H,5,9,11,13-15H2,(H,24,26)(H,27,28)/t18-,20+/m0/s1. The van der Waals surface area contributed by atoms with Gasteiger partial charge in [0, 0.05) is 19.5 Å². The maximum Gasteiger partial charge on any atom is 0.326 e. The van der Waals surface area contributed by atoms with Crippen LogP contribution < -0.4 is 5.32 Å².